The number of hydrogen-bond donors (Lipinski definition) is 2. The van der Waals surface area contributed by atoms with Crippen molar-refractivity contribution < 1.29 is 14.3 Å². The molecule has 0 fully saturated rings. The van der Waals surface area contributed by atoms with E-state index in [4.69, 9.17) is 0 Å². The number of hydrogen-bond acceptors (Lipinski definition) is 3. The van der Waals surface area contributed by atoms with E-state index in [1.54, 1.807) is 6.92 Å². The van der Waals surface area contributed by atoms with Gasteiger partial charge in [0.05, 0.1) is 7.11 Å². The Bertz CT molecular complexity index is 226. The van der Waals surface area contributed by atoms with Crippen LogP contribution >= 0.6 is 0 Å². The summed E-state index contributed by atoms with van der Waals surface area (Å²) in [5, 5.41) is 5.14. The van der Waals surface area contributed by atoms with E-state index in [-0.39, 0.29) is 5.91 Å². The van der Waals surface area contributed by atoms with E-state index in [1.165, 1.54) is 7.11 Å². The highest BCUT2D eigenvalue weighted by molar-refractivity contribution is 5.91. The van der Waals surface area contributed by atoms with Crippen molar-refractivity contribution in [3.05, 3.63) is 12.2 Å². The first-order valence-electron chi connectivity index (χ1n) is 4.33. The fraction of sp³-hybridized carbons (Fsp3) is 0.556. The fourth-order valence-electron chi connectivity index (χ4n) is 0.704. The van der Waals surface area contributed by atoms with Crippen LogP contribution in [0.1, 0.15) is 13.3 Å². The van der Waals surface area contributed by atoms with Crippen LogP contribution in [0.25, 0.3) is 0 Å². The quantitative estimate of drug-likeness (QED) is 0.499. The van der Waals surface area contributed by atoms with Gasteiger partial charge in [0, 0.05) is 18.7 Å². The second-order valence-corrected chi connectivity index (χ2v) is 2.81. The van der Waals surface area contributed by atoms with Crippen LogP contribution in [0, 0.1) is 0 Å². The van der Waals surface area contributed by atoms with Crippen LogP contribution in [-0.4, -0.2) is 32.2 Å². The Morgan fingerprint density at radius 3 is 2.36 bits per heavy atom. The molecule has 0 radical (unpaired) electrons. The molecule has 80 valence electrons. The normalized spacial score (nSPS) is 9.00. The minimum absolute atomic E-state index is 0.164. The molecule has 0 rings (SSSR count). The molecular formula is C9H16N2O3. The van der Waals surface area contributed by atoms with E-state index in [0.29, 0.717) is 25.1 Å². The zero-order chi connectivity index (χ0) is 11.0. The molecule has 0 heterocycles. The smallest absolute Gasteiger partial charge is 0.406 e. The molecule has 0 aliphatic heterocycles. The highest BCUT2D eigenvalue weighted by Gasteiger charge is 2.00. The summed E-state index contributed by atoms with van der Waals surface area (Å²) in [7, 11) is 1.30. The molecule has 0 aliphatic rings. The van der Waals surface area contributed by atoms with Crippen molar-refractivity contribution in [3.8, 4) is 0 Å². The third-order valence-corrected chi connectivity index (χ3v) is 1.48. The van der Waals surface area contributed by atoms with Crippen molar-refractivity contribution in [2.45, 2.75) is 13.3 Å². The number of carbonyl (C=O) groups excluding carboxylic acids is 2. The average Bonchev–Trinajstić information content (AvgIpc) is 2.16. The van der Waals surface area contributed by atoms with Crippen molar-refractivity contribution in [1.82, 2.24) is 10.6 Å². The number of amides is 2. The van der Waals surface area contributed by atoms with Gasteiger partial charge in [-0.15, -0.1) is 0 Å². The number of nitrogens with one attached hydrogen (secondary N) is 2. The molecule has 0 spiro atoms. The van der Waals surface area contributed by atoms with E-state index < -0.39 is 6.09 Å². The molecule has 0 aromatic carbocycles. The SMILES string of the molecule is C=C(C)C(=O)NCCCNC(=O)OC. The molecule has 5 nitrogen and oxygen atoms in total. The lowest BCUT2D eigenvalue weighted by Gasteiger charge is -2.05. The first kappa shape index (κ1) is 12.5. The molecule has 5 heteroatoms. The van der Waals surface area contributed by atoms with E-state index in [1.807, 2.05) is 0 Å². The maximum Gasteiger partial charge on any atom is 0.406 e. The Morgan fingerprint density at radius 2 is 1.86 bits per heavy atom. The largest absolute Gasteiger partial charge is 0.453 e. The van der Waals surface area contributed by atoms with Crippen LogP contribution in [0.2, 0.25) is 0 Å². The predicted octanol–water partition coefficient (Wildman–Crippen LogP) is 0.425. The maximum absolute atomic E-state index is 11.0. The lowest BCUT2D eigenvalue weighted by Crippen LogP contribution is -2.29. The Kier molecular flexibility index (Phi) is 6.19. The monoisotopic (exact) mass is 200 g/mol. The summed E-state index contributed by atoms with van der Waals surface area (Å²) in [6, 6.07) is 0. The third-order valence-electron chi connectivity index (χ3n) is 1.48. The van der Waals surface area contributed by atoms with Gasteiger partial charge in [0.1, 0.15) is 0 Å². The van der Waals surface area contributed by atoms with Crippen LogP contribution in [0.5, 0.6) is 0 Å². The number of rotatable bonds is 5. The molecule has 0 aromatic heterocycles. The maximum atomic E-state index is 11.0. The minimum atomic E-state index is -0.462. The van der Waals surface area contributed by atoms with Crippen LogP contribution in [-0.2, 0) is 9.53 Å². The second-order valence-electron chi connectivity index (χ2n) is 2.81. The van der Waals surface area contributed by atoms with Gasteiger partial charge in [0.15, 0.2) is 0 Å². The molecular weight excluding hydrogens is 184 g/mol. The Morgan fingerprint density at radius 1 is 1.29 bits per heavy atom. The summed E-state index contributed by atoms with van der Waals surface area (Å²) in [5.41, 5.74) is 0.478. The highest BCUT2D eigenvalue weighted by Crippen LogP contribution is 1.85. The van der Waals surface area contributed by atoms with Crippen LogP contribution in [0.15, 0.2) is 12.2 Å². The molecule has 0 atom stereocenters. The highest BCUT2D eigenvalue weighted by atomic mass is 16.5. The predicted molar refractivity (Wildman–Crippen MR) is 52.8 cm³/mol. The molecule has 0 unspecified atom stereocenters. The Balaban J connectivity index is 3.34. The van der Waals surface area contributed by atoms with Crippen molar-refractivity contribution in [2.24, 2.45) is 0 Å². The summed E-state index contributed by atoms with van der Waals surface area (Å²) in [4.78, 5) is 21.6. The van der Waals surface area contributed by atoms with Gasteiger partial charge in [-0.05, 0) is 13.3 Å². The van der Waals surface area contributed by atoms with Crippen LogP contribution < -0.4 is 10.6 Å². The summed E-state index contributed by atoms with van der Waals surface area (Å²) < 4.78 is 4.36. The second kappa shape index (κ2) is 6.94. The first-order chi connectivity index (χ1) is 6.57. The molecule has 0 bridgehead atoms. The van der Waals surface area contributed by atoms with Crippen molar-refractivity contribution >= 4 is 12.0 Å². The number of methoxy groups -OCH3 is 1. The van der Waals surface area contributed by atoms with Crippen LogP contribution in [0.4, 0.5) is 4.79 Å². The van der Waals surface area contributed by atoms with Crippen molar-refractivity contribution in [2.75, 3.05) is 20.2 Å². The topological polar surface area (TPSA) is 67.4 Å². The van der Waals surface area contributed by atoms with Gasteiger partial charge in [0.25, 0.3) is 0 Å². The van der Waals surface area contributed by atoms with Gasteiger partial charge in [-0.25, -0.2) is 4.79 Å². The van der Waals surface area contributed by atoms with Gasteiger partial charge >= 0.3 is 6.09 Å². The van der Waals surface area contributed by atoms with E-state index in [2.05, 4.69) is 21.9 Å². The fourth-order valence-corrected chi connectivity index (χ4v) is 0.704. The Hall–Kier alpha value is -1.52. The zero-order valence-electron chi connectivity index (χ0n) is 8.55. The van der Waals surface area contributed by atoms with Crippen LogP contribution in [0.3, 0.4) is 0 Å². The molecule has 2 N–H and O–H groups in total. The summed E-state index contributed by atoms with van der Waals surface area (Å²) in [6.45, 7) is 6.12. The molecule has 14 heavy (non-hydrogen) atoms. The van der Waals surface area contributed by atoms with Gasteiger partial charge < -0.3 is 15.4 Å². The van der Waals surface area contributed by atoms with Gasteiger partial charge in [-0.2, -0.15) is 0 Å². The van der Waals surface area contributed by atoms with E-state index in [0.717, 1.165) is 0 Å². The minimum Gasteiger partial charge on any atom is -0.453 e. The number of carbonyl (C=O) groups is 2. The summed E-state index contributed by atoms with van der Waals surface area (Å²) in [5.74, 6) is -0.164. The molecule has 2 amide bonds. The number of alkyl carbamates (subject to hydrolysis) is 1. The van der Waals surface area contributed by atoms with E-state index in [9.17, 15) is 9.59 Å². The van der Waals surface area contributed by atoms with Gasteiger partial charge in [0.2, 0.25) is 5.91 Å². The lowest BCUT2D eigenvalue weighted by molar-refractivity contribution is -0.117. The summed E-state index contributed by atoms with van der Waals surface area (Å²) >= 11 is 0. The number of ether oxygens (including phenoxy) is 1. The molecule has 0 aromatic rings. The van der Waals surface area contributed by atoms with E-state index >= 15 is 0 Å². The summed E-state index contributed by atoms with van der Waals surface area (Å²) in [6.07, 6.45) is 0.199. The molecule has 0 aliphatic carbocycles. The molecule has 0 saturated heterocycles. The standard InChI is InChI=1S/C9H16N2O3/c1-7(2)8(12)10-5-4-6-11-9(13)14-3/h1,4-6H2,2-3H3,(H,10,12)(H,11,13). The average molecular weight is 200 g/mol. The van der Waals surface area contributed by atoms with Gasteiger partial charge in [-0.1, -0.05) is 6.58 Å². The van der Waals surface area contributed by atoms with Crippen molar-refractivity contribution in [1.29, 1.82) is 0 Å². The zero-order valence-corrected chi connectivity index (χ0v) is 8.55. The van der Waals surface area contributed by atoms with Crippen molar-refractivity contribution in [3.63, 3.8) is 0 Å². The Labute approximate surface area is 83.5 Å². The lowest BCUT2D eigenvalue weighted by atomic mass is 10.3. The first-order valence-corrected chi connectivity index (χ1v) is 4.33. The van der Waals surface area contributed by atoms with Gasteiger partial charge in [-0.3, -0.25) is 4.79 Å². The molecule has 0 saturated carbocycles. The third kappa shape index (κ3) is 6.05.